The zero-order chi connectivity index (χ0) is 20.1. The Morgan fingerprint density at radius 2 is 1.64 bits per heavy atom. The van der Waals surface area contributed by atoms with Gasteiger partial charge in [-0.2, -0.15) is 0 Å². The van der Waals surface area contributed by atoms with Crippen molar-refractivity contribution in [3.05, 3.63) is 66.2 Å². The molecule has 28 heavy (non-hydrogen) atoms. The molecule has 0 aromatic heterocycles. The van der Waals surface area contributed by atoms with Gasteiger partial charge in [0.2, 0.25) is 0 Å². The summed E-state index contributed by atoms with van der Waals surface area (Å²) in [6, 6.07) is 19.4. The molecule has 0 fully saturated rings. The molecule has 3 rings (SSSR count). The Kier molecular flexibility index (Phi) is 6.04. The Bertz CT molecular complexity index is 964. The fraction of sp³-hybridized carbons (Fsp3) is 0.261. The van der Waals surface area contributed by atoms with Gasteiger partial charge in [-0.3, -0.25) is 4.79 Å². The van der Waals surface area contributed by atoms with Crippen molar-refractivity contribution in [2.24, 2.45) is 0 Å². The van der Waals surface area contributed by atoms with Gasteiger partial charge in [-0.05, 0) is 36.1 Å². The van der Waals surface area contributed by atoms with Gasteiger partial charge in [0.25, 0.3) is 5.91 Å². The lowest BCUT2D eigenvalue weighted by Crippen LogP contribution is -2.37. The molecule has 0 aliphatic carbocycles. The third kappa shape index (κ3) is 4.19. The van der Waals surface area contributed by atoms with Gasteiger partial charge in [-0.1, -0.05) is 42.5 Å². The molecule has 5 nitrogen and oxygen atoms in total. The number of nitrogens with zero attached hydrogens (tertiary/aromatic N) is 1. The van der Waals surface area contributed by atoms with E-state index in [0.29, 0.717) is 23.8 Å². The number of amides is 1. The molecule has 0 unspecified atom stereocenters. The Balaban J connectivity index is 1.70. The zero-order valence-corrected chi connectivity index (χ0v) is 16.6. The smallest absolute Gasteiger partial charge is 0.263 e. The minimum atomic E-state index is -0.601. The number of ether oxygens (including phenoxy) is 3. The number of methoxy groups -OCH3 is 2. The first kappa shape index (κ1) is 19.5. The molecule has 1 atom stereocenters. The van der Waals surface area contributed by atoms with Crippen LogP contribution in [-0.2, 0) is 11.3 Å². The molecule has 0 bridgehead atoms. The molecular formula is C23H25NO4. The average Bonchev–Trinajstić information content (AvgIpc) is 2.73. The van der Waals surface area contributed by atoms with E-state index in [1.54, 1.807) is 33.1 Å². The SMILES string of the molecule is COc1ccc(CN(C)C(=O)[C@@H](C)Oc2cccc3ccccc23)cc1OC. The van der Waals surface area contributed by atoms with Crippen LogP contribution in [0.15, 0.2) is 60.7 Å². The molecule has 0 heterocycles. The van der Waals surface area contributed by atoms with Crippen LogP contribution >= 0.6 is 0 Å². The highest BCUT2D eigenvalue weighted by Gasteiger charge is 2.20. The highest BCUT2D eigenvalue weighted by molar-refractivity contribution is 5.89. The first-order valence-corrected chi connectivity index (χ1v) is 9.13. The van der Waals surface area contributed by atoms with Gasteiger partial charge < -0.3 is 19.1 Å². The summed E-state index contributed by atoms with van der Waals surface area (Å²) in [5.41, 5.74) is 0.950. The summed E-state index contributed by atoms with van der Waals surface area (Å²) >= 11 is 0. The van der Waals surface area contributed by atoms with Crippen LogP contribution < -0.4 is 14.2 Å². The fourth-order valence-electron chi connectivity index (χ4n) is 3.18. The van der Waals surface area contributed by atoms with Crippen LogP contribution in [0.5, 0.6) is 17.2 Å². The second kappa shape index (κ2) is 8.65. The second-order valence-electron chi connectivity index (χ2n) is 6.62. The predicted octanol–water partition coefficient (Wildman–Crippen LogP) is 4.28. The average molecular weight is 379 g/mol. The highest BCUT2D eigenvalue weighted by Crippen LogP contribution is 2.28. The van der Waals surface area contributed by atoms with Gasteiger partial charge in [0.05, 0.1) is 14.2 Å². The lowest BCUT2D eigenvalue weighted by atomic mass is 10.1. The standard InChI is InChI=1S/C23H25NO4/c1-16(28-20-11-7-9-18-8-5-6-10-19(18)20)23(25)24(2)15-17-12-13-21(26-3)22(14-17)27-4/h5-14,16H,15H2,1-4H3/t16-/m1/s1. The number of benzene rings is 3. The number of likely N-dealkylation sites (N-methyl/N-ethyl adjacent to an activating group) is 1. The van der Waals surface area contributed by atoms with Crippen molar-refractivity contribution in [2.45, 2.75) is 19.6 Å². The third-order valence-electron chi connectivity index (χ3n) is 4.65. The minimum absolute atomic E-state index is 0.0947. The molecule has 0 spiro atoms. The van der Waals surface area contributed by atoms with Crippen LogP contribution in [0.25, 0.3) is 10.8 Å². The summed E-state index contributed by atoms with van der Waals surface area (Å²) in [5.74, 6) is 1.91. The molecule has 146 valence electrons. The Morgan fingerprint density at radius 1 is 0.929 bits per heavy atom. The van der Waals surface area contributed by atoms with Crippen molar-refractivity contribution in [3.63, 3.8) is 0 Å². The van der Waals surface area contributed by atoms with Crippen LogP contribution in [0.2, 0.25) is 0 Å². The number of carbonyl (C=O) groups is 1. The van der Waals surface area contributed by atoms with E-state index in [-0.39, 0.29) is 5.91 Å². The van der Waals surface area contributed by atoms with Crippen molar-refractivity contribution in [1.82, 2.24) is 4.90 Å². The second-order valence-corrected chi connectivity index (χ2v) is 6.62. The van der Waals surface area contributed by atoms with E-state index < -0.39 is 6.10 Å². The van der Waals surface area contributed by atoms with E-state index in [0.717, 1.165) is 16.3 Å². The van der Waals surface area contributed by atoms with Crippen molar-refractivity contribution >= 4 is 16.7 Å². The fourth-order valence-corrected chi connectivity index (χ4v) is 3.18. The number of hydrogen-bond acceptors (Lipinski definition) is 4. The summed E-state index contributed by atoms with van der Waals surface area (Å²) in [6.07, 6.45) is -0.601. The summed E-state index contributed by atoms with van der Waals surface area (Å²) in [4.78, 5) is 14.5. The van der Waals surface area contributed by atoms with Gasteiger partial charge in [0.1, 0.15) is 5.75 Å². The summed E-state index contributed by atoms with van der Waals surface area (Å²) < 4.78 is 16.6. The monoisotopic (exact) mass is 379 g/mol. The minimum Gasteiger partial charge on any atom is -0.493 e. The topological polar surface area (TPSA) is 48.0 Å². The van der Waals surface area contributed by atoms with Crippen LogP contribution in [0.4, 0.5) is 0 Å². The quantitative estimate of drug-likeness (QED) is 0.615. The third-order valence-corrected chi connectivity index (χ3v) is 4.65. The van der Waals surface area contributed by atoms with Crippen molar-refractivity contribution in [3.8, 4) is 17.2 Å². The van der Waals surface area contributed by atoms with Gasteiger partial charge >= 0.3 is 0 Å². The summed E-state index contributed by atoms with van der Waals surface area (Å²) in [5, 5.41) is 2.07. The zero-order valence-electron chi connectivity index (χ0n) is 16.6. The Morgan fingerprint density at radius 3 is 2.39 bits per heavy atom. The van der Waals surface area contributed by atoms with E-state index in [1.807, 2.05) is 60.7 Å². The maximum absolute atomic E-state index is 12.8. The molecule has 3 aromatic carbocycles. The molecule has 0 saturated carbocycles. The molecule has 0 radical (unpaired) electrons. The van der Waals surface area contributed by atoms with Crippen molar-refractivity contribution < 1.29 is 19.0 Å². The molecule has 0 aliphatic heterocycles. The highest BCUT2D eigenvalue weighted by atomic mass is 16.5. The Labute approximate surface area is 165 Å². The summed E-state index contributed by atoms with van der Waals surface area (Å²) in [7, 11) is 4.96. The van der Waals surface area contributed by atoms with Crippen LogP contribution in [0.3, 0.4) is 0 Å². The number of carbonyl (C=O) groups excluding carboxylic acids is 1. The number of fused-ring (bicyclic) bond motifs is 1. The normalized spacial score (nSPS) is 11.7. The van der Waals surface area contributed by atoms with E-state index >= 15 is 0 Å². The predicted molar refractivity (Wildman–Crippen MR) is 110 cm³/mol. The number of hydrogen-bond donors (Lipinski definition) is 0. The van der Waals surface area contributed by atoms with Crippen LogP contribution in [0.1, 0.15) is 12.5 Å². The molecular weight excluding hydrogens is 354 g/mol. The van der Waals surface area contributed by atoms with Crippen LogP contribution in [0, 0.1) is 0 Å². The van der Waals surface area contributed by atoms with Crippen LogP contribution in [-0.4, -0.2) is 38.2 Å². The Hall–Kier alpha value is -3.21. The number of rotatable bonds is 7. The summed E-state index contributed by atoms with van der Waals surface area (Å²) in [6.45, 7) is 2.22. The molecule has 5 heteroatoms. The van der Waals surface area contributed by atoms with E-state index in [2.05, 4.69) is 0 Å². The van der Waals surface area contributed by atoms with Crippen molar-refractivity contribution in [1.29, 1.82) is 0 Å². The molecule has 0 N–H and O–H groups in total. The van der Waals surface area contributed by atoms with E-state index in [4.69, 9.17) is 14.2 Å². The van der Waals surface area contributed by atoms with Gasteiger partial charge in [-0.15, -0.1) is 0 Å². The lowest BCUT2D eigenvalue weighted by Gasteiger charge is -2.23. The maximum Gasteiger partial charge on any atom is 0.263 e. The maximum atomic E-state index is 12.8. The lowest BCUT2D eigenvalue weighted by molar-refractivity contribution is -0.137. The largest absolute Gasteiger partial charge is 0.493 e. The van der Waals surface area contributed by atoms with Gasteiger partial charge in [-0.25, -0.2) is 0 Å². The van der Waals surface area contributed by atoms with Gasteiger partial charge in [0, 0.05) is 19.0 Å². The first-order valence-electron chi connectivity index (χ1n) is 9.13. The first-order chi connectivity index (χ1) is 13.5. The molecule has 3 aromatic rings. The van der Waals surface area contributed by atoms with E-state index in [1.165, 1.54) is 0 Å². The van der Waals surface area contributed by atoms with Crippen molar-refractivity contribution in [2.75, 3.05) is 21.3 Å². The molecule has 0 aliphatic rings. The molecule has 1 amide bonds. The molecule has 0 saturated heterocycles. The van der Waals surface area contributed by atoms with Gasteiger partial charge in [0.15, 0.2) is 17.6 Å². The van der Waals surface area contributed by atoms with E-state index in [9.17, 15) is 4.79 Å².